The number of carboxylic acids is 1. The summed E-state index contributed by atoms with van der Waals surface area (Å²) >= 11 is 8.28. The maximum absolute atomic E-state index is 12.5. The number of carboxylic acid groups (broad SMARTS) is 1. The molecule has 1 atom stereocenters. The number of thioether (sulfide) groups is 1. The minimum Gasteiger partial charge on any atom is -0.480 e. The summed E-state index contributed by atoms with van der Waals surface area (Å²) < 4.78 is 5.40. The molecule has 8 nitrogen and oxygen atoms in total. The number of hydrogen-bond acceptors (Lipinski definition) is 6. The van der Waals surface area contributed by atoms with E-state index in [1.54, 1.807) is 38.6 Å². The molecule has 1 aliphatic rings. The molecule has 1 amide bonds. The number of H-pyrrole nitrogens is 1. The van der Waals surface area contributed by atoms with Crippen LogP contribution in [-0.2, 0) is 9.53 Å². The van der Waals surface area contributed by atoms with Gasteiger partial charge in [-0.2, -0.15) is 0 Å². The van der Waals surface area contributed by atoms with Gasteiger partial charge in [0.15, 0.2) is 5.16 Å². The van der Waals surface area contributed by atoms with Crippen molar-refractivity contribution in [1.82, 2.24) is 14.9 Å². The lowest BCUT2D eigenvalue weighted by Crippen LogP contribution is -2.59. The van der Waals surface area contributed by atoms with Crippen LogP contribution in [0.5, 0.6) is 0 Å². The maximum atomic E-state index is 12.5. The van der Waals surface area contributed by atoms with Crippen LogP contribution in [0.4, 0.5) is 10.5 Å². The van der Waals surface area contributed by atoms with Gasteiger partial charge in [-0.25, -0.2) is 14.6 Å². The molecule has 1 aromatic carbocycles. The highest BCUT2D eigenvalue weighted by molar-refractivity contribution is 7.99. The average Bonchev–Trinajstić information content (AvgIpc) is 3.10. The number of fused-ring (bicyclic) bond motifs is 1. The Labute approximate surface area is 197 Å². The molecule has 0 radical (unpaired) electrons. The lowest BCUT2D eigenvalue weighted by atomic mass is 10.1. The summed E-state index contributed by atoms with van der Waals surface area (Å²) in [5.74, 6) is -1.08. The van der Waals surface area contributed by atoms with E-state index in [4.69, 9.17) is 16.3 Å². The zero-order chi connectivity index (χ0) is 23.6. The van der Waals surface area contributed by atoms with Crippen LogP contribution >= 0.6 is 23.4 Å². The van der Waals surface area contributed by atoms with Crippen molar-refractivity contribution < 1.29 is 19.4 Å². The molecule has 176 valence electrons. The molecule has 0 saturated carbocycles. The van der Waals surface area contributed by atoms with Crippen molar-refractivity contribution in [1.29, 1.82) is 0 Å². The number of piperazine rings is 1. The molecular weight excluding hydrogens is 452 g/mol. The SMILES string of the molecule is CCC(CC)Sc1nc2cc(Cl)c(N3CCN(C(=O)OC(C)(C)C)C(C(=O)O)C3)cc2[nH]1. The number of anilines is 1. The number of nitrogens with zero attached hydrogens (tertiary/aromatic N) is 3. The maximum Gasteiger partial charge on any atom is 0.411 e. The fraction of sp³-hybridized carbons (Fsp3) is 0.591. The van der Waals surface area contributed by atoms with Crippen LogP contribution in [-0.4, -0.2) is 68.6 Å². The van der Waals surface area contributed by atoms with E-state index in [0.717, 1.165) is 34.7 Å². The summed E-state index contributed by atoms with van der Waals surface area (Å²) in [6.45, 7) is 10.4. The molecule has 10 heteroatoms. The number of rotatable bonds is 6. The number of nitrogens with one attached hydrogen (secondary N) is 1. The third kappa shape index (κ3) is 5.61. The number of carbonyl (C=O) groups excluding carboxylic acids is 1. The van der Waals surface area contributed by atoms with Crippen molar-refractivity contribution in [3.8, 4) is 0 Å². The first kappa shape index (κ1) is 24.5. The Morgan fingerprint density at radius 1 is 1.31 bits per heavy atom. The molecule has 0 bridgehead atoms. The van der Waals surface area contributed by atoms with Gasteiger partial charge >= 0.3 is 12.1 Å². The Hall–Kier alpha value is -2.13. The van der Waals surface area contributed by atoms with Gasteiger partial charge in [-0.15, -0.1) is 0 Å². The van der Waals surface area contributed by atoms with Gasteiger partial charge in [-0.05, 0) is 45.7 Å². The number of benzene rings is 1. The molecule has 1 saturated heterocycles. The van der Waals surface area contributed by atoms with Gasteiger partial charge in [-0.1, -0.05) is 37.2 Å². The fourth-order valence-corrected chi connectivity index (χ4v) is 4.91. The van der Waals surface area contributed by atoms with Crippen molar-refractivity contribution in [2.75, 3.05) is 24.5 Å². The number of aliphatic carboxylic acids is 1. The van der Waals surface area contributed by atoms with E-state index >= 15 is 0 Å². The largest absolute Gasteiger partial charge is 0.480 e. The summed E-state index contributed by atoms with van der Waals surface area (Å²) in [7, 11) is 0. The number of imidazole rings is 1. The van der Waals surface area contributed by atoms with Crippen molar-refractivity contribution >= 4 is 52.1 Å². The van der Waals surface area contributed by atoms with Gasteiger partial charge in [0, 0.05) is 24.9 Å². The third-order valence-corrected chi connectivity index (χ3v) is 7.07. The molecule has 2 heterocycles. The number of aromatic amines is 1. The van der Waals surface area contributed by atoms with E-state index in [1.807, 2.05) is 11.0 Å². The number of carbonyl (C=O) groups is 2. The van der Waals surface area contributed by atoms with E-state index in [1.165, 1.54) is 4.90 Å². The Balaban J connectivity index is 1.83. The van der Waals surface area contributed by atoms with Crippen molar-refractivity contribution in [2.24, 2.45) is 0 Å². The van der Waals surface area contributed by atoms with Crippen LogP contribution in [0.3, 0.4) is 0 Å². The second-order valence-electron chi connectivity index (χ2n) is 8.89. The summed E-state index contributed by atoms with van der Waals surface area (Å²) in [5.41, 5.74) is 1.64. The first-order valence-electron chi connectivity index (χ1n) is 10.9. The second kappa shape index (κ2) is 9.79. The highest BCUT2D eigenvalue weighted by atomic mass is 35.5. The third-order valence-electron chi connectivity index (χ3n) is 5.35. The topological polar surface area (TPSA) is 98.8 Å². The van der Waals surface area contributed by atoms with Crippen molar-refractivity contribution in [3.63, 3.8) is 0 Å². The summed E-state index contributed by atoms with van der Waals surface area (Å²) in [4.78, 5) is 35.7. The Bertz CT molecular complexity index is 986. The fourth-order valence-electron chi connectivity index (χ4n) is 3.66. The Morgan fingerprint density at radius 3 is 2.59 bits per heavy atom. The lowest BCUT2D eigenvalue weighted by Gasteiger charge is -2.40. The summed E-state index contributed by atoms with van der Waals surface area (Å²) in [5, 5.41) is 11.6. The first-order chi connectivity index (χ1) is 15.0. The first-order valence-corrected chi connectivity index (χ1v) is 12.1. The van der Waals surface area contributed by atoms with Crippen LogP contribution in [0.15, 0.2) is 17.3 Å². The van der Waals surface area contributed by atoms with Crippen LogP contribution in [0, 0.1) is 0 Å². The van der Waals surface area contributed by atoms with E-state index in [2.05, 4.69) is 23.8 Å². The average molecular weight is 483 g/mol. The Kier molecular flexibility index (Phi) is 7.50. The van der Waals surface area contributed by atoms with Crippen LogP contribution in [0.2, 0.25) is 5.02 Å². The lowest BCUT2D eigenvalue weighted by molar-refractivity contribution is -0.143. The van der Waals surface area contributed by atoms with E-state index in [-0.39, 0.29) is 13.1 Å². The molecule has 0 spiro atoms. The highest BCUT2D eigenvalue weighted by Crippen LogP contribution is 2.34. The molecule has 0 aliphatic carbocycles. The van der Waals surface area contributed by atoms with E-state index in [0.29, 0.717) is 16.8 Å². The smallest absolute Gasteiger partial charge is 0.411 e. The minimum atomic E-state index is -1.08. The summed E-state index contributed by atoms with van der Waals surface area (Å²) in [6.07, 6.45) is 1.49. The predicted molar refractivity (Wildman–Crippen MR) is 128 cm³/mol. The minimum absolute atomic E-state index is 0.114. The quantitative estimate of drug-likeness (QED) is 0.558. The van der Waals surface area contributed by atoms with Gasteiger partial charge in [0.2, 0.25) is 0 Å². The van der Waals surface area contributed by atoms with Crippen molar-refractivity contribution in [2.45, 2.75) is 69.5 Å². The monoisotopic (exact) mass is 482 g/mol. The van der Waals surface area contributed by atoms with Gasteiger partial charge in [0.25, 0.3) is 0 Å². The number of aromatic nitrogens is 2. The van der Waals surface area contributed by atoms with Crippen LogP contribution < -0.4 is 4.90 Å². The zero-order valence-corrected chi connectivity index (χ0v) is 20.7. The standard InChI is InChI=1S/C22H31ClN4O4S/c1-6-13(7-2)32-20-24-15-10-14(23)17(11-16(15)25-20)26-8-9-27(18(12-26)19(28)29)21(30)31-22(3,4)5/h10-11,13,18H,6-9,12H2,1-5H3,(H,24,25)(H,28,29). The van der Waals surface area contributed by atoms with Gasteiger partial charge < -0.3 is 19.7 Å². The van der Waals surface area contributed by atoms with Gasteiger partial charge in [0.05, 0.1) is 21.7 Å². The second-order valence-corrected chi connectivity index (χ2v) is 10.6. The Morgan fingerprint density at radius 2 is 2.00 bits per heavy atom. The number of hydrogen-bond donors (Lipinski definition) is 2. The van der Waals surface area contributed by atoms with E-state index < -0.39 is 23.7 Å². The zero-order valence-electron chi connectivity index (χ0n) is 19.1. The molecule has 2 aromatic rings. The molecule has 2 N–H and O–H groups in total. The molecule has 1 unspecified atom stereocenters. The van der Waals surface area contributed by atoms with Crippen LogP contribution in [0.25, 0.3) is 11.0 Å². The summed E-state index contributed by atoms with van der Waals surface area (Å²) in [6, 6.07) is 2.67. The van der Waals surface area contributed by atoms with Crippen molar-refractivity contribution in [3.05, 3.63) is 17.2 Å². The molecule has 32 heavy (non-hydrogen) atoms. The normalized spacial score (nSPS) is 17.3. The highest BCUT2D eigenvalue weighted by Gasteiger charge is 2.38. The van der Waals surface area contributed by atoms with Gasteiger partial charge in [0.1, 0.15) is 11.6 Å². The van der Waals surface area contributed by atoms with Gasteiger partial charge in [-0.3, -0.25) is 4.90 Å². The molecule has 1 aromatic heterocycles. The molecule has 1 aliphatic heterocycles. The van der Waals surface area contributed by atoms with E-state index in [9.17, 15) is 14.7 Å². The van der Waals surface area contributed by atoms with Crippen LogP contribution in [0.1, 0.15) is 47.5 Å². The number of halogens is 1. The molecule has 3 rings (SSSR count). The predicted octanol–water partition coefficient (Wildman–Crippen LogP) is 5.01. The number of ether oxygens (including phenoxy) is 1. The molecule has 1 fully saturated rings. The molecular formula is C22H31ClN4O4S. The number of amides is 1.